The molecule has 0 aromatic heterocycles. The lowest BCUT2D eigenvalue weighted by Crippen LogP contribution is -2.47. The van der Waals surface area contributed by atoms with Crippen molar-refractivity contribution in [2.24, 2.45) is 0 Å². The second-order valence-corrected chi connectivity index (χ2v) is 9.11. The number of ether oxygens (including phenoxy) is 1. The Bertz CT molecular complexity index is 955. The van der Waals surface area contributed by atoms with Crippen LogP contribution in [0.5, 0.6) is 5.75 Å². The summed E-state index contributed by atoms with van der Waals surface area (Å²) in [6.45, 7) is 2.25. The van der Waals surface area contributed by atoms with E-state index in [9.17, 15) is 18.0 Å². The van der Waals surface area contributed by atoms with Crippen molar-refractivity contribution in [2.75, 3.05) is 19.1 Å². The molecule has 2 aromatic rings. The minimum atomic E-state index is -3.29. The third-order valence-electron chi connectivity index (χ3n) is 4.34. The summed E-state index contributed by atoms with van der Waals surface area (Å²) in [6, 6.07) is 13.3. The largest absolute Gasteiger partial charge is 0.496 e. The third-order valence-corrected chi connectivity index (χ3v) is 5.32. The zero-order valence-electron chi connectivity index (χ0n) is 16.8. The Balaban J connectivity index is 2.11. The Morgan fingerprint density at radius 1 is 1.07 bits per heavy atom. The van der Waals surface area contributed by atoms with E-state index in [1.807, 2.05) is 31.2 Å². The van der Waals surface area contributed by atoms with Crippen molar-refractivity contribution in [3.63, 3.8) is 0 Å². The van der Waals surface area contributed by atoms with Gasteiger partial charge in [-0.1, -0.05) is 42.0 Å². The molecule has 0 saturated carbocycles. The average molecular weight is 419 g/mol. The van der Waals surface area contributed by atoms with Crippen molar-refractivity contribution in [1.29, 1.82) is 0 Å². The van der Waals surface area contributed by atoms with Crippen molar-refractivity contribution >= 4 is 21.7 Å². The van der Waals surface area contributed by atoms with Gasteiger partial charge in [-0.15, -0.1) is 0 Å². The summed E-state index contributed by atoms with van der Waals surface area (Å²) < 4.78 is 28.3. The first kappa shape index (κ1) is 22.4. The molecule has 0 aliphatic rings. The summed E-state index contributed by atoms with van der Waals surface area (Å²) in [5.41, 5.74) is 2.28. The fraction of sp³-hybridized carbons (Fsp3) is 0.333. The molecule has 2 N–H and O–H groups in total. The molecule has 2 rings (SSSR count). The number of hydrogen-bond acceptors (Lipinski definition) is 5. The van der Waals surface area contributed by atoms with Crippen LogP contribution in [0.25, 0.3) is 0 Å². The van der Waals surface area contributed by atoms with Gasteiger partial charge in [-0.2, -0.15) is 0 Å². The van der Waals surface area contributed by atoms with Crippen LogP contribution in [-0.4, -0.2) is 45.4 Å². The van der Waals surface area contributed by atoms with Gasteiger partial charge in [0.1, 0.15) is 21.6 Å². The predicted octanol–water partition coefficient (Wildman–Crippen LogP) is 1.85. The number of sulfone groups is 1. The summed E-state index contributed by atoms with van der Waals surface area (Å²) in [5.74, 6) is -0.808. The van der Waals surface area contributed by atoms with Crippen LogP contribution in [0.3, 0.4) is 0 Å². The lowest BCUT2D eigenvalue weighted by atomic mass is 10.1. The van der Waals surface area contributed by atoms with Crippen LogP contribution in [-0.2, 0) is 21.2 Å². The van der Waals surface area contributed by atoms with Gasteiger partial charge in [0.05, 0.1) is 18.4 Å². The molecule has 0 bridgehead atoms. The molecule has 0 fully saturated rings. The first-order chi connectivity index (χ1) is 13.7. The Morgan fingerprint density at radius 3 is 2.34 bits per heavy atom. The topological polar surface area (TPSA) is 102 Å². The molecule has 7 nitrogen and oxygen atoms in total. The number of carbonyl (C=O) groups excluding carboxylic acids is 2. The van der Waals surface area contributed by atoms with Crippen LogP contribution in [0, 0.1) is 6.92 Å². The second kappa shape index (κ2) is 10.1. The number of hydrogen-bond donors (Lipinski definition) is 2. The first-order valence-corrected chi connectivity index (χ1v) is 11.2. The number of rotatable bonds is 9. The lowest BCUT2D eigenvalue weighted by Gasteiger charge is -2.19. The van der Waals surface area contributed by atoms with Gasteiger partial charge in [0.2, 0.25) is 5.91 Å². The number of benzene rings is 2. The normalized spacial score (nSPS) is 12.1. The monoisotopic (exact) mass is 418 g/mol. The molecule has 0 aliphatic carbocycles. The van der Waals surface area contributed by atoms with Crippen molar-refractivity contribution in [3.8, 4) is 5.75 Å². The Kier molecular flexibility index (Phi) is 7.78. The van der Waals surface area contributed by atoms with E-state index in [1.165, 1.54) is 7.11 Å². The number of para-hydroxylation sites is 1. The Labute approximate surface area is 171 Å². The molecule has 0 aliphatic heterocycles. The summed E-state index contributed by atoms with van der Waals surface area (Å²) in [4.78, 5) is 25.3. The maximum Gasteiger partial charge on any atom is 0.255 e. The molecule has 2 aromatic carbocycles. The minimum Gasteiger partial charge on any atom is -0.496 e. The average Bonchev–Trinajstić information content (AvgIpc) is 2.69. The van der Waals surface area contributed by atoms with E-state index in [0.717, 1.165) is 17.4 Å². The Morgan fingerprint density at radius 2 is 1.72 bits per heavy atom. The smallest absolute Gasteiger partial charge is 0.255 e. The maximum atomic E-state index is 12.7. The number of carbonyl (C=O) groups is 2. The number of nitrogens with one attached hydrogen (secondary N) is 2. The Hall–Kier alpha value is -2.87. The summed E-state index contributed by atoms with van der Waals surface area (Å²) >= 11 is 0. The van der Waals surface area contributed by atoms with E-state index < -0.39 is 27.7 Å². The zero-order chi connectivity index (χ0) is 21.4. The highest BCUT2D eigenvalue weighted by Gasteiger charge is 2.24. The molecule has 0 radical (unpaired) electrons. The van der Waals surface area contributed by atoms with Crippen molar-refractivity contribution in [3.05, 3.63) is 65.2 Å². The van der Waals surface area contributed by atoms with E-state index in [2.05, 4.69) is 10.6 Å². The molecule has 0 spiro atoms. The van der Waals surface area contributed by atoms with E-state index in [1.54, 1.807) is 24.3 Å². The van der Waals surface area contributed by atoms with Gasteiger partial charge in [-0.05, 0) is 31.0 Å². The lowest BCUT2D eigenvalue weighted by molar-refractivity contribution is -0.123. The number of methoxy groups -OCH3 is 1. The molecule has 29 heavy (non-hydrogen) atoms. The zero-order valence-corrected chi connectivity index (χ0v) is 17.6. The fourth-order valence-electron chi connectivity index (χ4n) is 2.69. The molecule has 8 heteroatoms. The van der Waals surface area contributed by atoms with Gasteiger partial charge in [0, 0.05) is 12.8 Å². The predicted molar refractivity (Wildman–Crippen MR) is 112 cm³/mol. The van der Waals surface area contributed by atoms with Gasteiger partial charge in [0.25, 0.3) is 5.91 Å². The number of aryl methyl sites for hydroxylation is 1. The van der Waals surface area contributed by atoms with Crippen LogP contribution >= 0.6 is 0 Å². The van der Waals surface area contributed by atoms with Crippen molar-refractivity contribution in [2.45, 2.75) is 25.9 Å². The fourth-order valence-corrected chi connectivity index (χ4v) is 3.35. The highest BCUT2D eigenvalue weighted by molar-refractivity contribution is 7.90. The van der Waals surface area contributed by atoms with E-state index >= 15 is 0 Å². The quantitative estimate of drug-likeness (QED) is 0.647. The highest BCUT2D eigenvalue weighted by atomic mass is 32.2. The van der Waals surface area contributed by atoms with Gasteiger partial charge in [0.15, 0.2) is 0 Å². The second-order valence-electron chi connectivity index (χ2n) is 6.85. The van der Waals surface area contributed by atoms with E-state index in [0.29, 0.717) is 5.75 Å². The molecule has 1 atom stereocenters. The van der Waals surface area contributed by atoms with E-state index in [-0.39, 0.29) is 24.3 Å². The summed E-state index contributed by atoms with van der Waals surface area (Å²) in [7, 11) is -1.85. The van der Waals surface area contributed by atoms with Crippen molar-refractivity contribution in [1.82, 2.24) is 10.6 Å². The van der Waals surface area contributed by atoms with Crippen LogP contribution in [0.4, 0.5) is 0 Å². The highest BCUT2D eigenvalue weighted by Crippen LogP contribution is 2.17. The first-order valence-electron chi connectivity index (χ1n) is 9.14. The molecule has 156 valence electrons. The third kappa shape index (κ3) is 7.23. The summed E-state index contributed by atoms with van der Waals surface area (Å²) in [6.07, 6.45) is 1.07. The van der Waals surface area contributed by atoms with Gasteiger partial charge in [-0.25, -0.2) is 8.42 Å². The standard InChI is InChI=1S/C21H26N2O5S/c1-15-8-10-16(11-9-15)14-22-21(25)18(12-13-29(3,26)27)23-20(24)17-6-4-5-7-19(17)28-2/h4-11,18H,12-14H2,1-3H3,(H,22,25)(H,23,24)/t18-/m0/s1. The van der Waals surface area contributed by atoms with Crippen LogP contribution < -0.4 is 15.4 Å². The molecule has 0 unspecified atom stereocenters. The van der Waals surface area contributed by atoms with Crippen LogP contribution in [0.15, 0.2) is 48.5 Å². The van der Waals surface area contributed by atoms with Crippen LogP contribution in [0.1, 0.15) is 27.9 Å². The maximum absolute atomic E-state index is 12.7. The van der Waals surface area contributed by atoms with Crippen molar-refractivity contribution < 1.29 is 22.7 Å². The van der Waals surface area contributed by atoms with E-state index in [4.69, 9.17) is 4.74 Å². The SMILES string of the molecule is COc1ccccc1C(=O)N[C@@H](CCS(C)(=O)=O)C(=O)NCc1ccc(C)cc1. The summed E-state index contributed by atoms with van der Waals surface area (Å²) in [5, 5.41) is 5.39. The molecule has 2 amide bonds. The van der Waals surface area contributed by atoms with Gasteiger partial charge < -0.3 is 15.4 Å². The van der Waals surface area contributed by atoms with Gasteiger partial charge in [-0.3, -0.25) is 9.59 Å². The molecular weight excluding hydrogens is 392 g/mol. The molecule has 0 saturated heterocycles. The number of amides is 2. The minimum absolute atomic E-state index is 0.0283. The van der Waals surface area contributed by atoms with Gasteiger partial charge >= 0.3 is 0 Å². The molecule has 0 heterocycles. The van der Waals surface area contributed by atoms with Crippen LogP contribution in [0.2, 0.25) is 0 Å². The molecular formula is C21H26N2O5S.